The van der Waals surface area contributed by atoms with Crippen molar-refractivity contribution in [3.8, 4) is 5.75 Å². The van der Waals surface area contributed by atoms with Gasteiger partial charge in [-0.1, -0.05) is 55.3 Å². The molecule has 136 valence electrons. The molecule has 2 aromatic carbocycles. The number of carbonyl (C=O) groups excluding carboxylic acids is 1. The van der Waals surface area contributed by atoms with Gasteiger partial charge in [0, 0.05) is 12.6 Å². The minimum Gasteiger partial charge on any atom is -0.489 e. The Bertz CT molecular complexity index is 741. The summed E-state index contributed by atoms with van der Waals surface area (Å²) >= 11 is 0. The van der Waals surface area contributed by atoms with Crippen LogP contribution in [0.5, 0.6) is 5.75 Å². The molecule has 4 nitrogen and oxygen atoms in total. The molecule has 1 N–H and O–H groups in total. The van der Waals surface area contributed by atoms with Crippen molar-refractivity contribution in [1.82, 2.24) is 5.32 Å². The van der Waals surface area contributed by atoms with E-state index >= 15 is 0 Å². The van der Waals surface area contributed by atoms with Crippen molar-refractivity contribution in [1.29, 1.82) is 0 Å². The van der Waals surface area contributed by atoms with Gasteiger partial charge in [-0.3, -0.25) is 4.79 Å². The number of hydrogen-bond acceptors (Lipinski definition) is 3. The van der Waals surface area contributed by atoms with Crippen LogP contribution < -0.4 is 15.0 Å². The summed E-state index contributed by atoms with van der Waals surface area (Å²) in [5, 5.41) is 3.21. The van der Waals surface area contributed by atoms with Crippen LogP contribution in [0.25, 0.3) is 0 Å². The lowest BCUT2D eigenvalue weighted by Crippen LogP contribution is -2.46. The van der Waals surface area contributed by atoms with Crippen LogP contribution in [0, 0.1) is 0 Å². The van der Waals surface area contributed by atoms with E-state index in [-0.39, 0.29) is 11.9 Å². The summed E-state index contributed by atoms with van der Waals surface area (Å²) in [7, 11) is 0. The van der Waals surface area contributed by atoms with Gasteiger partial charge in [0.05, 0.1) is 18.2 Å². The monoisotopic (exact) mass is 350 g/mol. The minimum absolute atomic E-state index is 0.0477. The third-order valence-corrected chi connectivity index (χ3v) is 5.38. The highest BCUT2D eigenvalue weighted by Gasteiger charge is 2.30. The number of carbonyl (C=O) groups is 1. The van der Waals surface area contributed by atoms with Crippen LogP contribution >= 0.6 is 0 Å². The van der Waals surface area contributed by atoms with Crippen molar-refractivity contribution in [2.24, 2.45) is 0 Å². The van der Waals surface area contributed by atoms with Crippen molar-refractivity contribution >= 4 is 11.6 Å². The Labute approximate surface area is 155 Å². The van der Waals surface area contributed by atoms with E-state index in [0.717, 1.165) is 30.8 Å². The van der Waals surface area contributed by atoms with Gasteiger partial charge in [0.1, 0.15) is 12.4 Å². The molecule has 0 radical (unpaired) electrons. The normalized spacial score (nSPS) is 19.7. The van der Waals surface area contributed by atoms with Crippen LogP contribution in [0.15, 0.2) is 54.6 Å². The standard InChI is InChI=1S/C22H26N2O2/c25-22(23-18-10-4-5-11-18)14-19-16-26-21-13-7-6-12-20(21)24(19)15-17-8-2-1-3-9-17/h1-3,6-9,12-13,18-19H,4-5,10-11,14-16H2,(H,23,25). The second kappa shape index (κ2) is 7.81. The number of anilines is 1. The smallest absolute Gasteiger partial charge is 0.222 e. The Balaban J connectivity index is 1.51. The summed E-state index contributed by atoms with van der Waals surface area (Å²) in [4.78, 5) is 14.9. The first-order chi connectivity index (χ1) is 12.8. The largest absolute Gasteiger partial charge is 0.489 e. The molecule has 0 aromatic heterocycles. The quantitative estimate of drug-likeness (QED) is 0.889. The molecule has 2 aromatic rings. The number of rotatable bonds is 5. The van der Waals surface area contributed by atoms with Gasteiger partial charge in [-0.05, 0) is 30.5 Å². The van der Waals surface area contributed by atoms with Crippen molar-refractivity contribution in [3.63, 3.8) is 0 Å². The molecule has 4 rings (SSSR count). The maximum absolute atomic E-state index is 12.6. The average molecular weight is 350 g/mol. The molecule has 0 saturated heterocycles. The fourth-order valence-electron chi connectivity index (χ4n) is 4.02. The summed E-state index contributed by atoms with van der Waals surface area (Å²) in [6.07, 6.45) is 5.15. The molecule has 0 bridgehead atoms. The van der Waals surface area contributed by atoms with Crippen molar-refractivity contribution < 1.29 is 9.53 Å². The Kier molecular flexibility index (Phi) is 5.09. The molecule has 26 heavy (non-hydrogen) atoms. The molecule has 1 fully saturated rings. The van der Waals surface area contributed by atoms with E-state index in [0.29, 0.717) is 19.1 Å². The number of amides is 1. The molecule has 4 heteroatoms. The third kappa shape index (κ3) is 3.85. The average Bonchev–Trinajstić information content (AvgIpc) is 3.17. The molecule has 1 heterocycles. The van der Waals surface area contributed by atoms with Crippen molar-refractivity contribution in [2.75, 3.05) is 11.5 Å². The molecule has 1 atom stereocenters. The van der Waals surface area contributed by atoms with E-state index in [1.165, 1.54) is 18.4 Å². The van der Waals surface area contributed by atoms with E-state index in [1.807, 2.05) is 24.3 Å². The fourth-order valence-corrected chi connectivity index (χ4v) is 4.02. The van der Waals surface area contributed by atoms with E-state index < -0.39 is 0 Å². The second-order valence-corrected chi connectivity index (χ2v) is 7.30. The van der Waals surface area contributed by atoms with Crippen molar-refractivity contribution in [3.05, 3.63) is 60.2 Å². The summed E-state index contributed by atoms with van der Waals surface area (Å²) in [6, 6.07) is 18.9. The predicted octanol–water partition coefficient (Wildman–Crippen LogP) is 3.90. The summed E-state index contributed by atoms with van der Waals surface area (Å²) in [6.45, 7) is 1.32. The van der Waals surface area contributed by atoms with Crippen LogP contribution in [-0.2, 0) is 11.3 Å². The predicted molar refractivity (Wildman–Crippen MR) is 103 cm³/mol. The van der Waals surface area contributed by atoms with E-state index in [4.69, 9.17) is 4.74 Å². The number of nitrogens with one attached hydrogen (secondary N) is 1. The van der Waals surface area contributed by atoms with Crippen LogP contribution in [-0.4, -0.2) is 24.6 Å². The lowest BCUT2D eigenvalue weighted by Gasteiger charge is -2.38. The molecule has 2 aliphatic rings. The van der Waals surface area contributed by atoms with E-state index in [2.05, 4.69) is 40.5 Å². The summed E-state index contributed by atoms with van der Waals surface area (Å²) < 4.78 is 5.95. The Morgan fingerprint density at radius 2 is 1.77 bits per heavy atom. The van der Waals surface area contributed by atoms with Crippen LogP contribution in [0.1, 0.15) is 37.7 Å². The number of ether oxygens (including phenoxy) is 1. The fraction of sp³-hybridized carbons (Fsp3) is 0.409. The van der Waals surface area contributed by atoms with Crippen LogP contribution in [0.4, 0.5) is 5.69 Å². The number of fused-ring (bicyclic) bond motifs is 1. The van der Waals surface area contributed by atoms with Gasteiger partial charge in [-0.2, -0.15) is 0 Å². The zero-order chi connectivity index (χ0) is 17.8. The number of benzene rings is 2. The SMILES string of the molecule is O=C(CC1COc2ccccc2N1Cc1ccccc1)NC1CCCC1. The van der Waals surface area contributed by atoms with Crippen molar-refractivity contribution in [2.45, 2.75) is 50.7 Å². The third-order valence-electron chi connectivity index (χ3n) is 5.38. The Hall–Kier alpha value is -2.49. The lowest BCUT2D eigenvalue weighted by molar-refractivity contribution is -0.122. The number of nitrogens with zero attached hydrogens (tertiary/aromatic N) is 1. The zero-order valence-electron chi connectivity index (χ0n) is 15.1. The maximum Gasteiger partial charge on any atom is 0.222 e. The first kappa shape index (κ1) is 17.0. The van der Waals surface area contributed by atoms with Gasteiger partial charge in [-0.25, -0.2) is 0 Å². The number of para-hydroxylation sites is 2. The molecular formula is C22H26N2O2. The molecule has 1 amide bonds. The van der Waals surface area contributed by atoms with Gasteiger partial charge in [0.15, 0.2) is 0 Å². The summed E-state index contributed by atoms with van der Waals surface area (Å²) in [5.74, 6) is 1.04. The van der Waals surface area contributed by atoms with Gasteiger partial charge < -0.3 is 15.0 Å². The maximum atomic E-state index is 12.6. The molecule has 1 aliphatic carbocycles. The topological polar surface area (TPSA) is 41.6 Å². The van der Waals surface area contributed by atoms with E-state index in [1.54, 1.807) is 0 Å². The highest BCUT2D eigenvalue weighted by Crippen LogP contribution is 2.35. The minimum atomic E-state index is 0.0477. The highest BCUT2D eigenvalue weighted by atomic mass is 16.5. The first-order valence-corrected chi connectivity index (χ1v) is 9.61. The van der Waals surface area contributed by atoms with Gasteiger partial charge >= 0.3 is 0 Å². The highest BCUT2D eigenvalue weighted by molar-refractivity contribution is 5.78. The molecule has 1 saturated carbocycles. The van der Waals surface area contributed by atoms with E-state index in [9.17, 15) is 4.79 Å². The number of hydrogen-bond donors (Lipinski definition) is 1. The molecular weight excluding hydrogens is 324 g/mol. The summed E-state index contributed by atoms with van der Waals surface area (Å²) in [5.41, 5.74) is 2.31. The lowest BCUT2D eigenvalue weighted by atomic mass is 10.1. The molecule has 1 unspecified atom stereocenters. The second-order valence-electron chi connectivity index (χ2n) is 7.30. The van der Waals surface area contributed by atoms with Crippen LogP contribution in [0.2, 0.25) is 0 Å². The Morgan fingerprint density at radius 1 is 1.04 bits per heavy atom. The molecule has 1 aliphatic heterocycles. The van der Waals surface area contributed by atoms with Gasteiger partial charge in [-0.15, -0.1) is 0 Å². The van der Waals surface area contributed by atoms with Crippen LogP contribution in [0.3, 0.4) is 0 Å². The Morgan fingerprint density at radius 3 is 2.58 bits per heavy atom. The van der Waals surface area contributed by atoms with Gasteiger partial charge in [0.2, 0.25) is 5.91 Å². The molecule has 0 spiro atoms. The first-order valence-electron chi connectivity index (χ1n) is 9.61. The zero-order valence-corrected chi connectivity index (χ0v) is 15.1. The van der Waals surface area contributed by atoms with Gasteiger partial charge in [0.25, 0.3) is 0 Å².